The van der Waals surface area contributed by atoms with Crippen molar-refractivity contribution in [3.63, 3.8) is 0 Å². The molecule has 0 saturated carbocycles. The molecule has 0 radical (unpaired) electrons. The first-order valence-corrected chi connectivity index (χ1v) is 9.97. The lowest BCUT2D eigenvalue weighted by molar-refractivity contribution is 0.0986. The monoisotopic (exact) mass is 406 g/mol. The first-order chi connectivity index (χ1) is 14.4. The molecule has 0 spiro atoms. The second kappa shape index (κ2) is 9.26. The van der Waals surface area contributed by atoms with E-state index in [1.54, 1.807) is 12.1 Å². The fraction of sp³-hybridized carbons (Fsp3) is 0.261. The molecule has 3 N–H and O–H groups in total. The SMILES string of the molecule is CCCCN(C(=O)c1ccc(C)cc1)c1c(N)n(Cc2ccccc2)c(=O)[nH]c1=O. The van der Waals surface area contributed by atoms with Gasteiger partial charge in [-0.2, -0.15) is 0 Å². The Morgan fingerprint density at radius 3 is 2.37 bits per heavy atom. The zero-order valence-electron chi connectivity index (χ0n) is 17.2. The Hall–Kier alpha value is -3.61. The molecule has 7 nitrogen and oxygen atoms in total. The topological polar surface area (TPSA) is 101 Å². The van der Waals surface area contributed by atoms with Gasteiger partial charge in [-0.25, -0.2) is 4.79 Å². The first-order valence-electron chi connectivity index (χ1n) is 9.97. The van der Waals surface area contributed by atoms with Crippen LogP contribution >= 0.6 is 0 Å². The van der Waals surface area contributed by atoms with Crippen molar-refractivity contribution >= 4 is 17.4 Å². The number of H-pyrrole nitrogens is 1. The van der Waals surface area contributed by atoms with Gasteiger partial charge < -0.3 is 10.6 Å². The molecule has 1 aromatic heterocycles. The van der Waals surface area contributed by atoms with E-state index in [1.165, 1.54) is 9.47 Å². The minimum Gasteiger partial charge on any atom is -0.383 e. The van der Waals surface area contributed by atoms with E-state index >= 15 is 0 Å². The standard InChI is InChI=1S/C23H26N4O3/c1-3-4-14-26(22(29)18-12-10-16(2)11-13-18)19-20(24)27(23(30)25-21(19)28)15-17-8-6-5-7-9-17/h5-13H,3-4,14-15,24H2,1-2H3,(H,25,28,30). The van der Waals surface area contributed by atoms with Crippen LogP contribution in [0.5, 0.6) is 0 Å². The highest BCUT2D eigenvalue weighted by Crippen LogP contribution is 2.21. The summed E-state index contributed by atoms with van der Waals surface area (Å²) in [6.45, 7) is 4.44. The van der Waals surface area contributed by atoms with Crippen LogP contribution in [-0.2, 0) is 6.54 Å². The summed E-state index contributed by atoms with van der Waals surface area (Å²) >= 11 is 0. The Balaban J connectivity index is 2.09. The molecule has 2 aromatic carbocycles. The highest BCUT2D eigenvalue weighted by molar-refractivity contribution is 6.07. The quantitative estimate of drug-likeness (QED) is 0.630. The molecule has 0 atom stereocenters. The maximum absolute atomic E-state index is 13.3. The Kier molecular flexibility index (Phi) is 6.51. The number of rotatable bonds is 7. The lowest BCUT2D eigenvalue weighted by atomic mass is 10.1. The molecule has 3 aromatic rings. The fourth-order valence-corrected chi connectivity index (χ4v) is 3.24. The van der Waals surface area contributed by atoms with E-state index in [1.807, 2.05) is 56.3 Å². The molecule has 7 heteroatoms. The molecule has 0 aliphatic heterocycles. The van der Waals surface area contributed by atoms with Crippen LogP contribution in [0.25, 0.3) is 0 Å². The summed E-state index contributed by atoms with van der Waals surface area (Å²) in [6.07, 6.45) is 1.52. The van der Waals surface area contributed by atoms with Crippen LogP contribution in [0.2, 0.25) is 0 Å². The molecule has 0 aliphatic rings. The average Bonchev–Trinajstić information content (AvgIpc) is 2.74. The Morgan fingerprint density at radius 2 is 1.73 bits per heavy atom. The maximum Gasteiger partial charge on any atom is 0.330 e. The molecular formula is C23H26N4O3. The summed E-state index contributed by atoms with van der Waals surface area (Å²) in [7, 11) is 0. The molecule has 0 aliphatic carbocycles. The highest BCUT2D eigenvalue weighted by atomic mass is 16.2. The number of aryl methyl sites for hydroxylation is 1. The van der Waals surface area contributed by atoms with Gasteiger partial charge in [-0.3, -0.25) is 19.1 Å². The number of hydrogen-bond donors (Lipinski definition) is 2. The summed E-state index contributed by atoms with van der Waals surface area (Å²) in [5.41, 5.74) is 7.36. The Morgan fingerprint density at radius 1 is 1.07 bits per heavy atom. The summed E-state index contributed by atoms with van der Waals surface area (Å²) in [6, 6.07) is 16.5. The number of carbonyl (C=O) groups excluding carboxylic acids is 1. The van der Waals surface area contributed by atoms with E-state index in [0.717, 1.165) is 17.5 Å². The molecule has 1 amide bonds. The van der Waals surface area contributed by atoms with Crippen LogP contribution in [0.1, 0.15) is 41.3 Å². The lowest BCUT2D eigenvalue weighted by Crippen LogP contribution is -2.41. The van der Waals surface area contributed by atoms with E-state index in [2.05, 4.69) is 4.98 Å². The molecule has 3 rings (SSSR count). The second-order valence-electron chi connectivity index (χ2n) is 7.24. The third kappa shape index (κ3) is 4.51. The predicted molar refractivity (Wildman–Crippen MR) is 119 cm³/mol. The van der Waals surface area contributed by atoms with E-state index < -0.39 is 11.2 Å². The summed E-state index contributed by atoms with van der Waals surface area (Å²) in [5.74, 6) is -0.352. The normalized spacial score (nSPS) is 10.7. The van der Waals surface area contributed by atoms with E-state index in [0.29, 0.717) is 18.5 Å². The number of nitrogens with zero attached hydrogens (tertiary/aromatic N) is 2. The van der Waals surface area contributed by atoms with Gasteiger partial charge in [-0.15, -0.1) is 0 Å². The van der Waals surface area contributed by atoms with Crippen molar-refractivity contribution in [3.8, 4) is 0 Å². The number of benzene rings is 2. The maximum atomic E-state index is 13.3. The van der Waals surface area contributed by atoms with Gasteiger partial charge in [0.15, 0.2) is 5.69 Å². The number of amides is 1. The zero-order chi connectivity index (χ0) is 21.7. The van der Waals surface area contributed by atoms with Crippen molar-refractivity contribution in [2.24, 2.45) is 0 Å². The first kappa shape index (κ1) is 21.1. The zero-order valence-corrected chi connectivity index (χ0v) is 17.2. The van der Waals surface area contributed by atoms with E-state index in [9.17, 15) is 14.4 Å². The number of aromatic nitrogens is 2. The van der Waals surface area contributed by atoms with Gasteiger partial charge in [0.05, 0.1) is 6.54 Å². The van der Waals surface area contributed by atoms with Crippen molar-refractivity contribution in [2.75, 3.05) is 17.2 Å². The molecule has 156 valence electrons. The summed E-state index contributed by atoms with van der Waals surface area (Å²) in [4.78, 5) is 42.1. The smallest absolute Gasteiger partial charge is 0.330 e. The lowest BCUT2D eigenvalue weighted by Gasteiger charge is -2.24. The minimum absolute atomic E-state index is 0.00422. The number of hydrogen-bond acceptors (Lipinski definition) is 4. The third-order valence-electron chi connectivity index (χ3n) is 4.95. The number of anilines is 2. The van der Waals surface area contributed by atoms with Crippen LogP contribution in [0.15, 0.2) is 64.2 Å². The summed E-state index contributed by atoms with van der Waals surface area (Å²) < 4.78 is 1.29. The van der Waals surface area contributed by atoms with Crippen molar-refractivity contribution in [1.82, 2.24) is 9.55 Å². The second-order valence-corrected chi connectivity index (χ2v) is 7.24. The number of nitrogens with two attached hydrogens (primary N) is 1. The number of unbranched alkanes of at least 4 members (excludes halogenated alkanes) is 1. The average molecular weight is 406 g/mol. The molecule has 0 fully saturated rings. The molecule has 0 saturated heterocycles. The number of carbonyl (C=O) groups is 1. The Bertz CT molecular complexity index is 1130. The molecule has 0 unspecified atom stereocenters. The molecule has 30 heavy (non-hydrogen) atoms. The number of aromatic amines is 1. The van der Waals surface area contributed by atoms with Crippen LogP contribution in [0.4, 0.5) is 11.5 Å². The Labute approximate surface area is 174 Å². The van der Waals surface area contributed by atoms with Gasteiger partial charge in [0.1, 0.15) is 5.82 Å². The van der Waals surface area contributed by atoms with E-state index in [4.69, 9.17) is 5.73 Å². The number of nitrogens with one attached hydrogen (secondary N) is 1. The van der Waals surface area contributed by atoms with Crippen LogP contribution in [-0.4, -0.2) is 22.0 Å². The minimum atomic E-state index is -0.668. The fourth-order valence-electron chi connectivity index (χ4n) is 3.24. The molecule has 0 bridgehead atoms. The van der Waals surface area contributed by atoms with E-state index in [-0.39, 0.29) is 24.0 Å². The van der Waals surface area contributed by atoms with Gasteiger partial charge in [-0.1, -0.05) is 61.4 Å². The van der Waals surface area contributed by atoms with Gasteiger partial charge in [0.2, 0.25) is 0 Å². The predicted octanol–water partition coefficient (Wildman–Crippen LogP) is 2.92. The van der Waals surface area contributed by atoms with Gasteiger partial charge in [0, 0.05) is 12.1 Å². The van der Waals surface area contributed by atoms with Crippen molar-refractivity contribution in [3.05, 3.63) is 92.1 Å². The third-order valence-corrected chi connectivity index (χ3v) is 4.95. The number of nitrogen functional groups attached to an aromatic ring is 1. The van der Waals surface area contributed by atoms with Crippen molar-refractivity contribution in [1.29, 1.82) is 0 Å². The van der Waals surface area contributed by atoms with Gasteiger partial charge in [-0.05, 0) is 31.0 Å². The van der Waals surface area contributed by atoms with Crippen LogP contribution < -0.4 is 21.9 Å². The molecule has 1 heterocycles. The molecular weight excluding hydrogens is 380 g/mol. The van der Waals surface area contributed by atoms with Crippen molar-refractivity contribution < 1.29 is 4.79 Å². The van der Waals surface area contributed by atoms with Gasteiger partial charge in [0.25, 0.3) is 11.5 Å². The summed E-state index contributed by atoms with van der Waals surface area (Å²) in [5, 5.41) is 0. The van der Waals surface area contributed by atoms with Crippen LogP contribution in [0.3, 0.4) is 0 Å². The highest BCUT2D eigenvalue weighted by Gasteiger charge is 2.25. The van der Waals surface area contributed by atoms with Crippen molar-refractivity contribution in [2.45, 2.75) is 33.2 Å². The largest absolute Gasteiger partial charge is 0.383 e. The van der Waals surface area contributed by atoms with Gasteiger partial charge >= 0.3 is 5.69 Å². The van der Waals surface area contributed by atoms with Crippen LogP contribution in [0, 0.1) is 6.92 Å².